The molecule has 1 amide bonds. The molecule has 2 aromatic carbocycles. The molecule has 1 unspecified atom stereocenters. The van der Waals surface area contributed by atoms with Crippen molar-refractivity contribution >= 4 is 11.6 Å². The van der Waals surface area contributed by atoms with E-state index in [-0.39, 0.29) is 5.91 Å². The first kappa shape index (κ1) is 17.8. The highest BCUT2D eigenvalue weighted by molar-refractivity contribution is 5.93. The number of aryl methyl sites for hydroxylation is 1. The van der Waals surface area contributed by atoms with Crippen molar-refractivity contribution in [1.82, 2.24) is 0 Å². The summed E-state index contributed by atoms with van der Waals surface area (Å²) in [5, 5.41) is 2.93. The zero-order chi connectivity index (χ0) is 17.5. The lowest BCUT2D eigenvalue weighted by atomic mass is 10.2. The minimum atomic E-state index is -0.0371. The Kier molecular flexibility index (Phi) is 6.21. The third-order valence-corrected chi connectivity index (χ3v) is 3.76. The first-order valence-electron chi connectivity index (χ1n) is 7.90. The van der Waals surface area contributed by atoms with Crippen LogP contribution in [0.4, 0.5) is 5.69 Å². The lowest BCUT2D eigenvalue weighted by molar-refractivity contribution is -0.885. The Morgan fingerprint density at radius 1 is 1.08 bits per heavy atom. The number of carbonyl (C=O) groups is 1. The highest BCUT2D eigenvalue weighted by Gasteiger charge is 2.13. The average Bonchev–Trinajstić information content (AvgIpc) is 2.55. The van der Waals surface area contributed by atoms with Gasteiger partial charge in [-0.1, -0.05) is 6.07 Å². The SMILES string of the molecule is COc1ccc(C[NH+](C)CC(=O)Nc2cc(C)ccc2OC)cc1. The van der Waals surface area contributed by atoms with Crippen LogP contribution >= 0.6 is 0 Å². The Bertz CT molecular complexity index is 684. The van der Waals surface area contributed by atoms with Crippen LogP contribution in [0.1, 0.15) is 11.1 Å². The second-order valence-corrected chi connectivity index (χ2v) is 5.91. The summed E-state index contributed by atoms with van der Waals surface area (Å²) in [6.07, 6.45) is 0. The topological polar surface area (TPSA) is 52.0 Å². The van der Waals surface area contributed by atoms with Crippen LogP contribution < -0.4 is 19.7 Å². The molecule has 2 N–H and O–H groups in total. The van der Waals surface area contributed by atoms with Crippen molar-refractivity contribution in [2.45, 2.75) is 13.5 Å². The lowest BCUT2D eigenvalue weighted by Crippen LogP contribution is -3.08. The molecule has 0 bridgehead atoms. The van der Waals surface area contributed by atoms with Crippen molar-refractivity contribution in [3.8, 4) is 11.5 Å². The van der Waals surface area contributed by atoms with Crippen molar-refractivity contribution < 1.29 is 19.2 Å². The van der Waals surface area contributed by atoms with E-state index in [1.165, 1.54) is 0 Å². The van der Waals surface area contributed by atoms with Gasteiger partial charge in [0.1, 0.15) is 18.0 Å². The third-order valence-electron chi connectivity index (χ3n) is 3.76. The number of likely N-dealkylation sites (N-methyl/N-ethyl adjacent to an activating group) is 1. The number of anilines is 1. The van der Waals surface area contributed by atoms with Crippen molar-refractivity contribution in [2.75, 3.05) is 33.1 Å². The smallest absolute Gasteiger partial charge is 0.279 e. The van der Waals surface area contributed by atoms with E-state index < -0.39 is 0 Å². The Balaban J connectivity index is 1.92. The second-order valence-electron chi connectivity index (χ2n) is 5.91. The molecule has 5 heteroatoms. The number of amides is 1. The third kappa shape index (κ3) is 4.99. The molecule has 0 heterocycles. The van der Waals surface area contributed by atoms with Gasteiger partial charge in [0.15, 0.2) is 6.54 Å². The maximum absolute atomic E-state index is 12.3. The van der Waals surface area contributed by atoms with E-state index in [2.05, 4.69) is 5.32 Å². The van der Waals surface area contributed by atoms with Crippen LogP contribution in [0, 0.1) is 6.92 Å². The van der Waals surface area contributed by atoms with Gasteiger partial charge < -0.3 is 19.7 Å². The van der Waals surface area contributed by atoms with Crippen molar-refractivity contribution in [1.29, 1.82) is 0 Å². The molecule has 0 aliphatic heterocycles. The highest BCUT2D eigenvalue weighted by Crippen LogP contribution is 2.24. The van der Waals surface area contributed by atoms with Gasteiger partial charge in [0.2, 0.25) is 0 Å². The van der Waals surface area contributed by atoms with Gasteiger partial charge >= 0.3 is 0 Å². The molecule has 0 saturated carbocycles. The Hall–Kier alpha value is -2.53. The van der Waals surface area contributed by atoms with E-state index in [0.29, 0.717) is 18.0 Å². The summed E-state index contributed by atoms with van der Waals surface area (Å²) in [7, 11) is 5.24. The Morgan fingerprint density at radius 2 is 1.79 bits per heavy atom. The van der Waals surface area contributed by atoms with E-state index in [0.717, 1.165) is 28.3 Å². The van der Waals surface area contributed by atoms with Gasteiger partial charge in [-0.05, 0) is 48.9 Å². The molecular formula is C19H25N2O3+. The molecule has 0 aromatic heterocycles. The van der Waals surface area contributed by atoms with Crippen molar-refractivity contribution in [2.24, 2.45) is 0 Å². The predicted octanol–water partition coefficient (Wildman–Crippen LogP) is 1.67. The van der Waals surface area contributed by atoms with Crippen molar-refractivity contribution in [3.63, 3.8) is 0 Å². The molecule has 0 spiro atoms. The largest absolute Gasteiger partial charge is 0.497 e. The van der Waals surface area contributed by atoms with Gasteiger partial charge in [-0.2, -0.15) is 0 Å². The second kappa shape index (κ2) is 8.36. The number of quaternary nitrogens is 1. The van der Waals surface area contributed by atoms with Crippen LogP contribution in [-0.4, -0.2) is 33.7 Å². The van der Waals surface area contributed by atoms with E-state index in [1.807, 2.05) is 56.4 Å². The van der Waals surface area contributed by atoms with E-state index in [9.17, 15) is 4.79 Å². The van der Waals surface area contributed by atoms with Crippen LogP contribution in [0.3, 0.4) is 0 Å². The summed E-state index contributed by atoms with van der Waals surface area (Å²) < 4.78 is 10.4. The molecule has 24 heavy (non-hydrogen) atoms. The normalized spacial score (nSPS) is 11.7. The van der Waals surface area contributed by atoms with Gasteiger partial charge in [0, 0.05) is 5.56 Å². The number of hydrogen-bond acceptors (Lipinski definition) is 3. The first-order chi connectivity index (χ1) is 11.5. The molecule has 128 valence electrons. The van der Waals surface area contributed by atoms with Gasteiger partial charge in [-0.25, -0.2) is 0 Å². The van der Waals surface area contributed by atoms with Crippen LogP contribution in [0.25, 0.3) is 0 Å². The number of ether oxygens (including phenoxy) is 2. The molecule has 2 aromatic rings. The fourth-order valence-corrected chi connectivity index (χ4v) is 2.54. The van der Waals surface area contributed by atoms with E-state index in [1.54, 1.807) is 14.2 Å². The summed E-state index contributed by atoms with van der Waals surface area (Å²) in [6.45, 7) is 3.13. The number of methoxy groups -OCH3 is 2. The quantitative estimate of drug-likeness (QED) is 0.812. The summed E-state index contributed by atoms with van der Waals surface area (Å²) in [5.41, 5.74) is 2.94. The Labute approximate surface area is 143 Å². The number of benzene rings is 2. The fourth-order valence-electron chi connectivity index (χ4n) is 2.54. The molecule has 1 atom stereocenters. The number of nitrogens with one attached hydrogen (secondary N) is 2. The summed E-state index contributed by atoms with van der Waals surface area (Å²) in [6, 6.07) is 13.6. The van der Waals surface area contributed by atoms with Crippen LogP contribution in [0.15, 0.2) is 42.5 Å². The maximum atomic E-state index is 12.3. The number of carbonyl (C=O) groups excluding carboxylic acids is 1. The number of rotatable bonds is 7. The van der Waals surface area contributed by atoms with E-state index in [4.69, 9.17) is 9.47 Å². The zero-order valence-corrected chi connectivity index (χ0v) is 14.7. The average molecular weight is 329 g/mol. The van der Waals surface area contributed by atoms with Gasteiger partial charge in [-0.3, -0.25) is 4.79 Å². The molecule has 0 aliphatic carbocycles. The zero-order valence-electron chi connectivity index (χ0n) is 14.7. The maximum Gasteiger partial charge on any atom is 0.279 e. The van der Waals surface area contributed by atoms with Crippen molar-refractivity contribution in [3.05, 3.63) is 53.6 Å². The lowest BCUT2D eigenvalue weighted by Gasteiger charge is -2.15. The van der Waals surface area contributed by atoms with Gasteiger partial charge in [-0.15, -0.1) is 0 Å². The minimum Gasteiger partial charge on any atom is -0.497 e. The molecule has 0 radical (unpaired) electrons. The molecule has 0 saturated heterocycles. The first-order valence-corrected chi connectivity index (χ1v) is 7.90. The van der Waals surface area contributed by atoms with Gasteiger partial charge in [0.25, 0.3) is 5.91 Å². The van der Waals surface area contributed by atoms with Crippen LogP contribution in [0.5, 0.6) is 11.5 Å². The molecular weight excluding hydrogens is 304 g/mol. The summed E-state index contributed by atoms with van der Waals surface area (Å²) in [5.74, 6) is 1.47. The molecule has 0 fully saturated rings. The van der Waals surface area contributed by atoms with Crippen LogP contribution in [0.2, 0.25) is 0 Å². The monoisotopic (exact) mass is 329 g/mol. The molecule has 2 rings (SSSR count). The van der Waals surface area contributed by atoms with Gasteiger partial charge in [0.05, 0.1) is 27.0 Å². The molecule has 0 aliphatic rings. The molecule has 5 nitrogen and oxygen atoms in total. The summed E-state index contributed by atoms with van der Waals surface area (Å²) >= 11 is 0. The highest BCUT2D eigenvalue weighted by atomic mass is 16.5. The predicted molar refractivity (Wildman–Crippen MR) is 94.8 cm³/mol. The standard InChI is InChI=1S/C19H24N2O3/c1-14-5-10-18(24-4)17(11-14)20-19(22)13-21(2)12-15-6-8-16(23-3)9-7-15/h5-11H,12-13H2,1-4H3,(H,20,22)/p+1. The minimum absolute atomic E-state index is 0.0371. The van der Waals surface area contributed by atoms with Crippen LogP contribution in [-0.2, 0) is 11.3 Å². The van der Waals surface area contributed by atoms with E-state index >= 15 is 0 Å². The Morgan fingerprint density at radius 3 is 2.42 bits per heavy atom. The fraction of sp³-hybridized carbons (Fsp3) is 0.316. The summed E-state index contributed by atoms with van der Waals surface area (Å²) in [4.78, 5) is 13.4. The number of hydrogen-bond donors (Lipinski definition) is 2.